The quantitative estimate of drug-likeness (QED) is 0.555. The summed E-state index contributed by atoms with van der Waals surface area (Å²) in [6.07, 6.45) is 1.03. The number of carbonyl (C=O) groups excluding carboxylic acids is 1. The summed E-state index contributed by atoms with van der Waals surface area (Å²) in [5.41, 5.74) is -0.000183. The molecule has 0 radical (unpaired) electrons. The molecule has 5 nitrogen and oxygen atoms in total. The van der Waals surface area contributed by atoms with E-state index in [4.69, 9.17) is 4.74 Å². The van der Waals surface area contributed by atoms with Crippen LogP contribution in [0.15, 0.2) is 12.1 Å². The second-order valence-electron chi connectivity index (χ2n) is 7.25. The Morgan fingerprint density at radius 2 is 2.04 bits per heavy atom. The number of nitrogens with one attached hydrogen (secondary N) is 1. The van der Waals surface area contributed by atoms with Gasteiger partial charge in [-0.25, -0.2) is 13.5 Å². The van der Waals surface area contributed by atoms with Gasteiger partial charge in [0.15, 0.2) is 17.5 Å². The van der Waals surface area contributed by atoms with E-state index in [9.17, 15) is 13.6 Å². The number of halogens is 2. The Kier molecular flexibility index (Phi) is 6.29. The van der Waals surface area contributed by atoms with Crippen molar-refractivity contribution in [3.63, 3.8) is 0 Å². The molecule has 0 spiro atoms. The molecule has 1 aromatic heterocycles. The molecule has 2 rings (SSSR count). The van der Waals surface area contributed by atoms with Crippen LogP contribution in [0.25, 0.3) is 10.9 Å². The minimum absolute atomic E-state index is 0.000183. The minimum atomic E-state index is -1.24. The van der Waals surface area contributed by atoms with Crippen LogP contribution >= 0.6 is 0 Å². The van der Waals surface area contributed by atoms with E-state index in [2.05, 4.69) is 30.1 Å². The number of aromatic nitrogens is 2. The van der Waals surface area contributed by atoms with Gasteiger partial charge in [0.05, 0.1) is 0 Å². The van der Waals surface area contributed by atoms with Crippen molar-refractivity contribution in [2.45, 2.75) is 52.2 Å². The molecule has 138 valence electrons. The molecule has 0 fully saturated rings. The molecule has 1 amide bonds. The van der Waals surface area contributed by atoms with Crippen molar-refractivity contribution in [3.8, 4) is 0 Å². The normalized spacial score (nSPS) is 11.9. The van der Waals surface area contributed by atoms with Gasteiger partial charge in [0, 0.05) is 26.5 Å². The van der Waals surface area contributed by atoms with Gasteiger partial charge in [-0.1, -0.05) is 26.6 Å². The van der Waals surface area contributed by atoms with E-state index in [1.165, 1.54) is 10.7 Å². The molecule has 0 atom stereocenters. The predicted octanol–water partition coefficient (Wildman–Crippen LogP) is 4.37. The van der Waals surface area contributed by atoms with Crippen LogP contribution in [0.4, 0.5) is 14.6 Å². The van der Waals surface area contributed by atoms with Crippen LogP contribution < -0.4 is 5.32 Å². The average Bonchev–Trinajstić information content (AvgIpc) is 2.85. The van der Waals surface area contributed by atoms with Crippen LogP contribution in [0.5, 0.6) is 0 Å². The number of benzene rings is 1. The lowest BCUT2D eigenvalue weighted by molar-refractivity contribution is -0.116. The Bertz CT molecular complexity index is 756. The highest BCUT2D eigenvalue weighted by Crippen LogP contribution is 2.27. The molecular weight excluding hydrogens is 344 g/mol. The molecule has 0 aliphatic heterocycles. The minimum Gasteiger partial charge on any atom is -0.360 e. The first-order chi connectivity index (χ1) is 11.7. The van der Waals surface area contributed by atoms with Gasteiger partial charge >= 0.3 is 0 Å². The number of ether oxygens (including phenoxy) is 1. The van der Waals surface area contributed by atoms with E-state index in [0.29, 0.717) is 24.8 Å². The Labute approximate surface area is 147 Å². The standard InChI is InChI=1S/C17H25F2N3O2Si/c1-5-6-14(23)20-17-12-7-8-13(18)15(19)16(12)22(21-17)11-24-9-10-25(2,3)4/h7-8H,5-6,9-11H2,1-4H3,(H,20,21,23). The van der Waals surface area contributed by atoms with E-state index < -0.39 is 19.7 Å². The summed E-state index contributed by atoms with van der Waals surface area (Å²) in [4.78, 5) is 11.8. The zero-order valence-electron chi connectivity index (χ0n) is 15.2. The zero-order valence-corrected chi connectivity index (χ0v) is 16.2. The highest BCUT2D eigenvalue weighted by atomic mass is 28.3. The van der Waals surface area contributed by atoms with Crippen LogP contribution in [0, 0.1) is 11.6 Å². The fourth-order valence-corrected chi connectivity index (χ4v) is 3.10. The summed E-state index contributed by atoms with van der Waals surface area (Å²) in [5.74, 6) is -1.93. The summed E-state index contributed by atoms with van der Waals surface area (Å²) in [6, 6.07) is 3.41. The average molecular weight is 369 g/mol. The number of fused-ring (bicyclic) bond motifs is 1. The van der Waals surface area contributed by atoms with E-state index in [1.807, 2.05) is 6.92 Å². The number of anilines is 1. The van der Waals surface area contributed by atoms with Gasteiger partial charge in [-0.3, -0.25) is 4.79 Å². The molecule has 0 aliphatic carbocycles. The lowest BCUT2D eigenvalue weighted by atomic mass is 10.2. The predicted molar refractivity (Wildman–Crippen MR) is 97.3 cm³/mol. The van der Waals surface area contributed by atoms with Gasteiger partial charge in [0.2, 0.25) is 5.91 Å². The fourth-order valence-electron chi connectivity index (χ4n) is 2.34. The number of hydrogen-bond acceptors (Lipinski definition) is 3. The maximum atomic E-state index is 14.3. The molecule has 0 bridgehead atoms. The number of nitrogens with zero attached hydrogens (tertiary/aromatic N) is 2. The largest absolute Gasteiger partial charge is 0.360 e. The number of amides is 1. The van der Waals surface area contributed by atoms with Gasteiger partial charge in [0.25, 0.3) is 0 Å². The smallest absolute Gasteiger partial charge is 0.225 e. The van der Waals surface area contributed by atoms with E-state index in [0.717, 1.165) is 12.1 Å². The lowest BCUT2D eigenvalue weighted by Crippen LogP contribution is -2.22. The molecule has 25 heavy (non-hydrogen) atoms. The lowest BCUT2D eigenvalue weighted by Gasteiger charge is -2.15. The van der Waals surface area contributed by atoms with Gasteiger partial charge in [-0.15, -0.1) is 0 Å². The second-order valence-corrected chi connectivity index (χ2v) is 12.9. The Hall–Kier alpha value is -1.80. The van der Waals surface area contributed by atoms with Gasteiger partial charge in [0.1, 0.15) is 12.2 Å². The Morgan fingerprint density at radius 3 is 2.68 bits per heavy atom. The molecule has 1 N–H and O–H groups in total. The van der Waals surface area contributed by atoms with Crippen molar-refractivity contribution in [3.05, 3.63) is 23.8 Å². The first kappa shape index (κ1) is 19.5. The zero-order chi connectivity index (χ0) is 18.6. The SMILES string of the molecule is CCCC(=O)Nc1nn(COCC[Si](C)(C)C)c2c(F)c(F)ccc12. The topological polar surface area (TPSA) is 56.2 Å². The third-order valence-corrected chi connectivity index (χ3v) is 5.45. The number of carbonyl (C=O) groups is 1. The van der Waals surface area contributed by atoms with E-state index >= 15 is 0 Å². The summed E-state index contributed by atoms with van der Waals surface area (Å²) in [5, 5.41) is 7.23. The van der Waals surface area contributed by atoms with Crippen molar-refractivity contribution in [2.24, 2.45) is 0 Å². The fraction of sp³-hybridized carbons (Fsp3) is 0.529. The van der Waals surface area contributed by atoms with Crippen LogP contribution in [-0.4, -0.2) is 30.4 Å². The highest BCUT2D eigenvalue weighted by molar-refractivity contribution is 6.76. The third-order valence-electron chi connectivity index (χ3n) is 3.75. The molecule has 0 unspecified atom stereocenters. The molecule has 0 saturated heterocycles. The van der Waals surface area contributed by atoms with Gasteiger partial charge in [-0.2, -0.15) is 5.10 Å². The molecule has 2 aromatic rings. The maximum Gasteiger partial charge on any atom is 0.225 e. The maximum absolute atomic E-state index is 14.3. The van der Waals surface area contributed by atoms with Crippen LogP contribution in [0.2, 0.25) is 25.7 Å². The van der Waals surface area contributed by atoms with Crippen LogP contribution in [-0.2, 0) is 16.3 Å². The summed E-state index contributed by atoms with van der Waals surface area (Å²) in [6.45, 7) is 9.12. The Balaban J connectivity index is 2.25. The first-order valence-corrected chi connectivity index (χ1v) is 12.2. The summed E-state index contributed by atoms with van der Waals surface area (Å²) in [7, 11) is -1.24. The van der Waals surface area contributed by atoms with Gasteiger partial charge in [-0.05, 0) is 24.6 Å². The van der Waals surface area contributed by atoms with Crippen molar-refractivity contribution in [1.29, 1.82) is 0 Å². The third kappa shape index (κ3) is 5.09. The first-order valence-electron chi connectivity index (χ1n) is 8.45. The second kappa shape index (κ2) is 8.05. The van der Waals surface area contributed by atoms with E-state index in [-0.39, 0.29) is 24.0 Å². The number of hydrogen-bond donors (Lipinski definition) is 1. The molecule has 8 heteroatoms. The molecular formula is C17H25F2N3O2Si. The van der Waals surface area contributed by atoms with Crippen molar-refractivity contribution in [2.75, 3.05) is 11.9 Å². The molecule has 0 aliphatic rings. The molecule has 1 heterocycles. The summed E-state index contributed by atoms with van der Waals surface area (Å²) >= 11 is 0. The van der Waals surface area contributed by atoms with Gasteiger partial charge < -0.3 is 10.1 Å². The van der Waals surface area contributed by atoms with E-state index in [1.54, 1.807) is 0 Å². The Morgan fingerprint density at radius 1 is 1.32 bits per heavy atom. The summed E-state index contributed by atoms with van der Waals surface area (Å²) < 4.78 is 34.7. The highest BCUT2D eigenvalue weighted by Gasteiger charge is 2.19. The van der Waals surface area contributed by atoms with Crippen molar-refractivity contribution >= 4 is 30.7 Å². The van der Waals surface area contributed by atoms with Crippen LogP contribution in [0.3, 0.4) is 0 Å². The number of rotatable bonds is 8. The van der Waals surface area contributed by atoms with Crippen molar-refractivity contribution in [1.82, 2.24) is 9.78 Å². The van der Waals surface area contributed by atoms with Crippen LogP contribution in [0.1, 0.15) is 19.8 Å². The molecule has 1 aromatic carbocycles. The van der Waals surface area contributed by atoms with Crippen molar-refractivity contribution < 1.29 is 18.3 Å². The molecule has 0 saturated carbocycles. The monoisotopic (exact) mass is 369 g/mol.